The van der Waals surface area contributed by atoms with Crippen LogP contribution < -0.4 is 5.32 Å². The maximum Gasteiger partial charge on any atom is 0.359 e. The number of aromatic nitrogens is 8. The van der Waals surface area contributed by atoms with E-state index in [2.05, 4.69) is 41.0 Å². The average Bonchev–Trinajstić information content (AvgIpc) is 3.52. The molecule has 1 fully saturated rings. The van der Waals surface area contributed by atoms with E-state index in [1.54, 1.807) is 0 Å². The Hall–Kier alpha value is -2.34. The first-order valence-electron chi connectivity index (χ1n) is 11.1. The summed E-state index contributed by atoms with van der Waals surface area (Å²) in [6.45, 7) is 2.76. The number of tetrazole rings is 1. The normalized spacial score (nSPS) is 24.1. The maximum atomic E-state index is 12.5. The third-order valence-electron chi connectivity index (χ3n) is 5.67. The number of hydrogen-bond donors (Lipinski definition) is 6. The Bertz CT molecular complexity index is 1260. The van der Waals surface area contributed by atoms with Crippen LogP contribution in [0, 0.1) is 0 Å². The van der Waals surface area contributed by atoms with Crippen LogP contribution in [-0.2, 0) is 25.2 Å². The monoisotopic (exact) mass is 563 g/mol. The van der Waals surface area contributed by atoms with E-state index in [-0.39, 0.29) is 22.8 Å². The first-order valence-corrected chi connectivity index (χ1v) is 13.0. The zero-order valence-electron chi connectivity index (χ0n) is 20.0. The van der Waals surface area contributed by atoms with Crippen molar-refractivity contribution in [2.45, 2.75) is 56.2 Å². The second-order valence-electron chi connectivity index (χ2n) is 8.75. The van der Waals surface area contributed by atoms with Gasteiger partial charge in [-0.05, 0) is 25.4 Å². The van der Waals surface area contributed by atoms with E-state index in [0.29, 0.717) is 11.2 Å². The van der Waals surface area contributed by atoms with E-state index in [4.69, 9.17) is 25.8 Å². The summed E-state index contributed by atoms with van der Waals surface area (Å²) in [5, 5.41) is 40.1. The van der Waals surface area contributed by atoms with Gasteiger partial charge >= 0.3 is 7.60 Å². The zero-order valence-corrected chi connectivity index (χ0v) is 21.6. The second-order valence-corrected chi connectivity index (χ2v) is 11.0. The summed E-state index contributed by atoms with van der Waals surface area (Å²) in [5.41, 5.74) is 0.238. The highest BCUT2D eigenvalue weighted by Gasteiger charge is 2.52. The fourth-order valence-corrected chi connectivity index (χ4v) is 4.97. The smallest absolute Gasteiger partial charge is 0.359 e. The predicted molar refractivity (Wildman–Crippen MR) is 126 cm³/mol. The molecule has 1 unspecified atom stereocenters. The number of fused-ring (bicyclic) bond motifs is 1. The van der Waals surface area contributed by atoms with Crippen molar-refractivity contribution in [3.05, 3.63) is 17.3 Å². The van der Waals surface area contributed by atoms with E-state index in [1.807, 2.05) is 13.8 Å². The molecule has 19 heteroatoms. The van der Waals surface area contributed by atoms with Crippen LogP contribution in [0.5, 0.6) is 0 Å². The average molecular weight is 564 g/mol. The van der Waals surface area contributed by atoms with Crippen LogP contribution in [0.2, 0.25) is 5.28 Å². The van der Waals surface area contributed by atoms with Gasteiger partial charge in [0.2, 0.25) is 5.28 Å². The largest absolute Gasteiger partial charge is 0.387 e. The van der Waals surface area contributed by atoms with Gasteiger partial charge in [-0.2, -0.15) is 20.3 Å². The van der Waals surface area contributed by atoms with Crippen LogP contribution in [0.25, 0.3) is 11.0 Å². The van der Waals surface area contributed by atoms with Crippen LogP contribution >= 0.6 is 19.2 Å². The second kappa shape index (κ2) is 10.8. The molecule has 1 aliphatic rings. The van der Waals surface area contributed by atoms with E-state index >= 15 is 0 Å². The number of nitrogens with zero attached hydrogens (tertiary/aromatic N) is 7. The number of methoxy groups -OCH3 is 1. The van der Waals surface area contributed by atoms with Gasteiger partial charge in [0.15, 0.2) is 23.0 Å². The Balaban J connectivity index is 1.58. The number of aliphatic hydroxyl groups excluding tert-OH is 2. The van der Waals surface area contributed by atoms with Crippen LogP contribution in [-0.4, -0.2) is 110 Å². The fourth-order valence-electron chi connectivity index (χ4n) is 3.92. The number of halogens is 1. The minimum Gasteiger partial charge on any atom is -0.387 e. The maximum absolute atomic E-state index is 12.5. The number of ether oxygens (including phenoxy) is 3. The summed E-state index contributed by atoms with van der Waals surface area (Å²) in [7, 11) is -3.76. The van der Waals surface area contributed by atoms with Gasteiger partial charge in [0, 0.05) is 13.2 Å². The lowest BCUT2D eigenvalue weighted by Gasteiger charge is -2.33. The topological polar surface area (TPSA) is 236 Å². The van der Waals surface area contributed by atoms with Crippen molar-refractivity contribution in [1.82, 2.24) is 40.4 Å². The van der Waals surface area contributed by atoms with E-state index < -0.39 is 57.1 Å². The predicted octanol–water partition coefficient (Wildman–Crippen LogP) is -0.788. The van der Waals surface area contributed by atoms with Crippen molar-refractivity contribution in [3.8, 4) is 0 Å². The van der Waals surface area contributed by atoms with Gasteiger partial charge in [0.25, 0.3) is 0 Å². The molecule has 3 aromatic rings. The lowest BCUT2D eigenvalue weighted by molar-refractivity contribution is -0.113. The molecule has 204 valence electrons. The number of rotatable bonds is 11. The Morgan fingerprint density at radius 3 is 2.70 bits per heavy atom. The molecule has 5 atom stereocenters. The third-order valence-corrected chi connectivity index (χ3v) is 7.32. The first-order chi connectivity index (χ1) is 17.5. The van der Waals surface area contributed by atoms with Gasteiger partial charge in [-0.25, -0.2) is 4.68 Å². The summed E-state index contributed by atoms with van der Waals surface area (Å²) in [6.07, 6.45) is -4.42. The summed E-state index contributed by atoms with van der Waals surface area (Å²) in [4.78, 5) is 28.6. The molecule has 4 heterocycles. The highest BCUT2D eigenvalue weighted by molar-refractivity contribution is 7.53. The SMILES string of the molecule is COCC(Cc1nn[nH]n1)(OC[C@H]1O[C@@H](n2ncc3c(NC(C)C)nc(Cl)nc32)[C@H](O)[C@@H]1O)P(=O)(O)O. The Morgan fingerprint density at radius 1 is 1.32 bits per heavy atom. The molecule has 3 aromatic heterocycles. The van der Waals surface area contributed by atoms with Crippen LogP contribution in [0.1, 0.15) is 25.9 Å². The van der Waals surface area contributed by atoms with Crippen molar-refractivity contribution >= 4 is 36.0 Å². The molecule has 0 spiro atoms. The number of H-pyrrole nitrogens is 1. The molecule has 1 saturated heterocycles. The molecule has 37 heavy (non-hydrogen) atoms. The fraction of sp³-hybridized carbons (Fsp3) is 0.667. The lowest BCUT2D eigenvalue weighted by atomic mass is 10.1. The van der Waals surface area contributed by atoms with Gasteiger partial charge in [-0.1, -0.05) is 5.21 Å². The molecule has 0 aliphatic carbocycles. The number of anilines is 1. The third kappa shape index (κ3) is 5.59. The molecule has 1 aliphatic heterocycles. The van der Waals surface area contributed by atoms with Crippen molar-refractivity contribution in [3.63, 3.8) is 0 Å². The molecule has 0 amide bonds. The Labute approximate surface area is 214 Å². The molecular weight excluding hydrogens is 537 g/mol. The van der Waals surface area contributed by atoms with E-state index in [9.17, 15) is 24.6 Å². The molecule has 0 radical (unpaired) electrons. The molecule has 4 rings (SSSR count). The lowest BCUT2D eigenvalue weighted by Crippen LogP contribution is -2.44. The molecule has 6 N–H and O–H groups in total. The molecule has 17 nitrogen and oxygen atoms in total. The van der Waals surface area contributed by atoms with Gasteiger partial charge < -0.3 is 39.5 Å². The highest BCUT2D eigenvalue weighted by atomic mass is 35.5. The minimum atomic E-state index is -5.00. The number of aliphatic hydroxyl groups is 2. The van der Waals surface area contributed by atoms with Gasteiger partial charge in [0.1, 0.15) is 24.1 Å². The molecular formula is C18H27ClN9O8P. The molecule has 0 aromatic carbocycles. The van der Waals surface area contributed by atoms with Crippen LogP contribution in [0.15, 0.2) is 6.20 Å². The van der Waals surface area contributed by atoms with Crippen molar-refractivity contribution in [1.29, 1.82) is 0 Å². The van der Waals surface area contributed by atoms with Crippen LogP contribution in [0.4, 0.5) is 5.82 Å². The Morgan fingerprint density at radius 2 is 2.08 bits per heavy atom. The van der Waals surface area contributed by atoms with Gasteiger partial charge in [0.05, 0.1) is 31.2 Å². The number of nitrogens with one attached hydrogen (secondary N) is 2. The summed E-state index contributed by atoms with van der Waals surface area (Å²) in [6, 6.07) is 0.0306. The minimum absolute atomic E-state index is 0.0306. The van der Waals surface area contributed by atoms with Crippen molar-refractivity contribution < 1.29 is 38.8 Å². The van der Waals surface area contributed by atoms with Gasteiger partial charge in [-0.3, -0.25) is 4.57 Å². The molecule has 0 saturated carbocycles. The van der Waals surface area contributed by atoms with Crippen molar-refractivity contribution in [2.75, 3.05) is 25.6 Å². The zero-order chi connectivity index (χ0) is 27.0. The van der Waals surface area contributed by atoms with Crippen molar-refractivity contribution in [2.24, 2.45) is 0 Å². The summed E-state index contributed by atoms with van der Waals surface area (Å²) in [5.74, 6) is 0.396. The Kier molecular flexibility index (Phi) is 8.08. The quantitative estimate of drug-likeness (QED) is 0.124. The van der Waals surface area contributed by atoms with Crippen LogP contribution in [0.3, 0.4) is 0 Å². The first kappa shape index (κ1) is 27.7. The summed E-state index contributed by atoms with van der Waals surface area (Å²) < 4.78 is 30.2. The summed E-state index contributed by atoms with van der Waals surface area (Å²) >= 11 is 6.09. The standard InChI is InChI=1S/C18H27ClN9O8P/c1-8(2)21-14-9-5-20-28(15(9)23-17(19)22-14)16-13(30)12(29)10(36-16)6-35-18(7-34-3,37(31,32)33)4-11-24-26-27-25-11/h5,8,10,12-13,16,29-30H,4,6-7H2,1-3H3,(H,21,22,23)(H2,31,32,33)(H,24,25,26,27)/t10-,12-,13-,16-,18?/m1/s1. The highest BCUT2D eigenvalue weighted by Crippen LogP contribution is 2.53. The van der Waals surface area contributed by atoms with Gasteiger partial charge in [-0.15, -0.1) is 10.2 Å². The molecule has 0 bridgehead atoms. The van der Waals surface area contributed by atoms with E-state index in [1.165, 1.54) is 18.0 Å². The van der Waals surface area contributed by atoms with E-state index in [0.717, 1.165) is 0 Å². The number of hydrogen-bond acceptors (Lipinski definition) is 13. The number of aromatic amines is 1.